The minimum atomic E-state index is -0.656. The molecule has 1 aromatic heterocycles. The van der Waals surface area contributed by atoms with Gasteiger partial charge in [-0.3, -0.25) is 9.78 Å². The van der Waals surface area contributed by atoms with Crippen molar-refractivity contribution in [3.8, 4) is 0 Å². The van der Waals surface area contributed by atoms with Crippen molar-refractivity contribution in [2.75, 3.05) is 11.5 Å². The van der Waals surface area contributed by atoms with E-state index in [0.29, 0.717) is 11.0 Å². The maximum Gasteiger partial charge on any atom is 0.359 e. The Hall–Kier alpha value is -3.28. The fourth-order valence-corrected chi connectivity index (χ4v) is 3.27. The Kier molecular flexibility index (Phi) is 4.08. The molecule has 0 spiro atoms. The highest BCUT2D eigenvalue weighted by molar-refractivity contribution is 5.99. The van der Waals surface area contributed by atoms with Gasteiger partial charge in [-0.1, -0.05) is 30.3 Å². The van der Waals surface area contributed by atoms with Crippen molar-refractivity contribution in [3.05, 3.63) is 66.0 Å². The summed E-state index contributed by atoms with van der Waals surface area (Å²) in [7, 11) is 0. The summed E-state index contributed by atoms with van der Waals surface area (Å²) in [5.41, 5.74) is 3.40. The van der Waals surface area contributed by atoms with Gasteiger partial charge in [0.05, 0.1) is 17.2 Å². The minimum absolute atomic E-state index is 0.0408. The van der Waals surface area contributed by atoms with Crippen LogP contribution in [-0.4, -0.2) is 34.5 Å². The van der Waals surface area contributed by atoms with E-state index in [1.165, 1.54) is 6.20 Å². The lowest BCUT2D eigenvalue weighted by atomic mass is 10.1. The first-order chi connectivity index (χ1) is 12.6. The Bertz CT molecular complexity index is 1000. The predicted octanol–water partition coefficient (Wildman–Crippen LogP) is 2.76. The molecular formula is C20H17N3O3. The van der Waals surface area contributed by atoms with Gasteiger partial charge in [0.2, 0.25) is 0 Å². The van der Waals surface area contributed by atoms with Crippen LogP contribution in [0.3, 0.4) is 0 Å². The van der Waals surface area contributed by atoms with Crippen LogP contribution in [0.5, 0.6) is 0 Å². The van der Waals surface area contributed by atoms with Gasteiger partial charge in [0, 0.05) is 11.7 Å². The third kappa shape index (κ3) is 2.90. The van der Waals surface area contributed by atoms with E-state index in [4.69, 9.17) is 4.74 Å². The molecule has 130 valence electrons. The summed E-state index contributed by atoms with van der Waals surface area (Å²) >= 11 is 0. The number of anilines is 1. The summed E-state index contributed by atoms with van der Waals surface area (Å²) < 4.78 is 5.18. The average molecular weight is 347 g/mol. The summed E-state index contributed by atoms with van der Waals surface area (Å²) in [4.78, 5) is 34.9. The molecule has 1 aliphatic rings. The SMILES string of the molecule is CC1Cc2ccccc2N1C(=O)COC(=O)c1cnc2ccccc2n1. The second-order valence-corrected chi connectivity index (χ2v) is 6.27. The molecule has 0 saturated heterocycles. The molecule has 1 amide bonds. The number of hydrogen-bond donors (Lipinski definition) is 0. The molecule has 1 unspecified atom stereocenters. The first-order valence-corrected chi connectivity index (χ1v) is 8.42. The van der Waals surface area contributed by atoms with E-state index in [1.54, 1.807) is 11.0 Å². The van der Waals surface area contributed by atoms with Crippen LogP contribution in [0.1, 0.15) is 23.0 Å². The van der Waals surface area contributed by atoms with Crippen LogP contribution in [-0.2, 0) is 16.0 Å². The van der Waals surface area contributed by atoms with E-state index in [0.717, 1.165) is 17.7 Å². The van der Waals surface area contributed by atoms with Crippen molar-refractivity contribution in [3.63, 3.8) is 0 Å². The van der Waals surface area contributed by atoms with Crippen LogP contribution in [0.15, 0.2) is 54.7 Å². The topological polar surface area (TPSA) is 72.4 Å². The molecule has 26 heavy (non-hydrogen) atoms. The lowest BCUT2D eigenvalue weighted by molar-refractivity contribution is -0.122. The van der Waals surface area contributed by atoms with Crippen LogP contribution >= 0.6 is 0 Å². The lowest BCUT2D eigenvalue weighted by Gasteiger charge is -2.22. The van der Waals surface area contributed by atoms with Gasteiger partial charge in [-0.05, 0) is 37.1 Å². The summed E-state index contributed by atoms with van der Waals surface area (Å²) in [6, 6.07) is 15.1. The molecule has 1 aliphatic heterocycles. The molecule has 3 aromatic rings. The second kappa shape index (κ2) is 6.55. The van der Waals surface area contributed by atoms with Gasteiger partial charge in [0.1, 0.15) is 0 Å². The van der Waals surface area contributed by atoms with Gasteiger partial charge in [0.15, 0.2) is 12.3 Å². The number of aromatic nitrogens is 2. The Morgan fingerprint density at radius 2 is 1.85 bits per heavy atom. The van der Waals surface area contributed by atoms with Crippen molar-refractivity contribution in [1.29, 1.82) is 0 Å². The number of carbonyl (C=O) groups excluding carboxylic acids is 2. The van der Waals surface area contributed by atoms with Gasteiger partial charge in [-0.15, -0.1) is 0 Å². The Morgan fingerprint density at radius 3 is 2.69 bits per heavy atom. The number of hydrogen-bond acceptors (Lipinski definition) is 5. The first kappa shape index (κ1) is 16.2. The Balaban J connectivity index is 1.46. The molecule has 0 radical (unpaired) electrons. The number of amides is 1. The highest BCUT2D eigenvalue weighted by Gasteiger charge is 2.31. The van der Waals surface area contributed by atoms with E-state index in [1.807, 2.05) is 49.4 Å². The molecule has 6 nitrogen and oxygen atoms in total. The second-order valence-electron chi connectivity index (χ2n) is 6.27. The number of fused-ring (bicyclic) bond motifs is 2. The van der Waals surface area contributed by atoms with E-state index in [9.17, 15) is 9.59 Å². The number of esters is 1. The van der Waals surface area contributed by atoms with Crippen LogP contribution in [0.2, 0.25) is 0 Å². The largest absolute Gasteiger partial charge is 0.451 e. The van der Waals surface area contributed by atoms with Gasteiger partial charge < -0.3 is 9.64 Å². The third-order valence-electron chi connectivity index (χ3n) is 4.46. The molecule has 0 saturated carbocycles. The van der Waals surface area contributed by atoms with Gasteiger partial charge in [-0.2, -0.15) is 0 Å². The minimum Gasteiger partial charge on any atom is -0.451 e. The molecule has 4 rings (SSSR count). The number of rotatable bonds is 3. The maximum absolute atomic E-state index is 12.6. The maximum atomic E-state index is 12.6. The van der Waals surface area contributed by atoms with E-state index in [-0.39, 0.29) is 24.2 Å². The zero-order valence-corrected chi connectivity index (χ0v) is 14.3. The van der Waals surface area contributed by atoms with Gasteiger partial charge in [-0.25, -0.2) is 9.78 Å². The molecule has 2 heterocycles. The third-order valence-corrected chi connectivity index (χ3v) is 4.46. The summed E-state index contributed by atoms with van der Waals surface area (Å²) in [6.07, 6.45) is 2.16. The lowest BCUT2D eigenvalue weighted by Crippen LogP contribution is -2.38. The first-order valence-electron chi connectivity index (χ1n) is 8.42. The molecule has 0 fully saturated rings. The van der Waals surface area contributed by atoms with E-state index in [2.05, 4.69) is 9.97 Å². The summed E-state index contributed by atoms with van der Waals surface area (Å²) in [6.45, 7) is 1.65. The van der Waals surface area contributed by atoms with Crippen molar-refractivity contribution in [2.45, 2.75) is 19.4 Å². The van der Waals surface area contributed by atoms with Crippen molar-refractivity contribution < 1.29 is 14.3 Å². The quantitative estimate of drug-likeness (QED) is 0.681. The number of carbonyl (C=O) groups is 2. The van der Waals surface area contributed by atoms with Gasteiger partial charge in [0.25, 0.3) is 5.91 Å². The highest BCUT2D eigenvalue weighted by Crippen LogP contribution is 2.31. The zero-order valence-electron chi connectivity index (χ0n) is 14.3. The molecule has 6 heteroatoms. The molecule has 0 N–H and O–H groups in total. The monoisotopic (exact) mass is 347 g/mol. The smallest absolute Gasteiger partial charge is 0.359 e. The van der Waals surface area contributed by atoms with E-state index < -0.39 is 5.97 Å². The van der Waals surface area contributed by atoms with Gasteiger partial charge >= 0.3 is 5.97 Å². The summed E-state index contributed by atoms with van der Waals surface area (Å²) in [5, 5.41) is 0. The van der Waals surface area contributed by atoms with Crippen LogP contribution in [0.4, 0.5) is 5.69 Å². The van der Waals surface area contributed by atoms with Crippen molar-refractivity contribution in [2.24, 2.45) is 0 Å². The van der Waals surface area contributed by atoms with Crippen molar-refractivity contribution in [1.82, 2.24) is 9.97 Å². The Morgan fingerprint density at radius 1 is 1.12 bits per heavy atom. The standard InChI is InChI=1S/C20H17N3O3/c1-13-10-14-6-2-5-9-18(14)23(13)19(24)12-26-20(25)17-11-21-15-7-3-4-8-16(15)22-17/h2-9,11,13H,10,12H2,1H3. The fourth-order valence-electron chi connectivity index (χ4n) is 3.27. The predicted molar refractivity (Wildman–Crippen MR) is 96.9 cm³/mol. The zero-order chi connectivity index (χ0) is 18.1. The van der Waals surface area contributed by atoms with Crippen molar-refractivity contribution >= 4 is 28.6 Å². The highest BCUT2D eigenvalue weighted by atomic mass is 16.5. The number of ether oxygens (including phenoxy) is 1. The van der Waals surface area contributed by atoms with E-state index >= 15 is 0 Å². The molecule has 2 aromatic carbocycles. The Labute approximate surface area is 150 Å². The van der Waals surface area contributed by atoms with Crippen LogP contribution < -0.4 is 4.90 Å². The number of nitrogens with zero attached hydrogens (tertiary/aromatic N) is 3. The molecule has 0 aliphatic carbocycles. The number of benzene rings is 2. The molecule has 0 bridgehead atoms. The average Bonchev–Trinajstić information content (AvgIpc) is 3.01. The molecule has 1 atom stereocenters. The normalized spacial score (nSPS) is 15.7. The molecular weight excluding hydrogens is 330 g/mol. The summed E-state index contributed by atoms with van der Waals surface area (Å²) in [5.74, 6) is -0.902. The number of para-hydroxylation sites is 3. The van der Waals surface area contributed by atoms with Crippen LogP contribution in [0, 0.1) is 0 Å². The fraction of sp³-hybridized carbons (Fsp3) is 0.200. The van der Waals surface area contributed by atoms with Crippen LogP contribution in [0.25, 0.3) is 11.0 Å².